The standard InChI is InChI=1S/C18H18N2O3S2/c1-3-9-19-13-8-5-4-7-12(13)14(16(19)21)15-17(22)20(18(24)25-15)10-6-11-23-2/h3-5,7-8H,1,6,9-11H2,2H3/b15-14+. The molecule has 0 aromatic heterocycles. The minimum absolute atomic E-state index is 0.182. The summed E-state index contributed by atoms with van der Waals surface area (Å²) in [6, 6.07) is 7.48. The van der Waals surface area contributed by atoms with Crippen LogP contribution in [0.5, 0.6) is 0 Å². The summed E-state index contributed by atoms with van der Waals surface area (Å²) in [6.45, 7) is 5.15. The molecule has 0 aliphatic carbocycles. The van der Waals surface area contributed by atoms with E-state index in [0.29, 0.717) is 40.9 Å². The minimum Gasteiger partial charge on any atom is -0.385 e. The van der Waals surface area contributed by atoms with Gasteiger partial charge in [-0.15, -0.1) is 6.58 Å². The normalized spacial score (nSPS) is 19.8. The first-order chi connectivity index (χ1) is 12.1. The fourth-order valence-corrected chi connectivity index (χ4v) is 4.30. The Hall–Kier alpha value is -1.96. The summed E-state index contributed by atoms with van der Waals surface area (Å²) in [5.74, 6) is -0.386. The van der Waals surface area contributed by atoms with Crippen LogP contribution in [-0.2, 0) is 14.3 Å². The second kappa shape index (κ2) is 7.51. The minimum atomic E-state index is -0.204. The number of ether oxygens (including phenoxy) is 1. The number of benzene rings is 1. The Morgan fingerprint density at radius 2 is 2.00 bits per heavy atom. The molecule has 1 saturated heterocycles. The Bertz CT molecular complexity index is 788. The number of hydrogen-bond acceptors (Lipinski definition) is 5. The fourth-order valence-electron chi connectivity index (χ4n) is 2.92. The van der Waals surface area contributed by atoms with E-state index in [9.17, 15) is 9.59 Å². The maximum atomic E-state index is 12.9. The van der Waals surface area contributed by atoms with Gasteiger partial charge < -0.3 is 9.64 Å². The first kappa shape index (κ1) is 17.8. The van der Waals surface area contributed by atoms with Gasteiger partial charge in [-0.05, 0) is 12.5 Å². The van der Waals surface area contributed by atoms with Crippen molar-refractivity contribution in [1.29, 1.82) is 0 Å². The molecular formula is C18H18N2O3S2. The lowest BCUT2D eigenvalue weighted by molar-refractivity contribution is -0.122. The zero-order valence-corrected chi connectivity index (χ0v) is 15.5. The number of carbonyl (C=O) groups is 2. The fraction of sp³-hybridized carbons (Fsp3) is 0.278. The molecule has 0 atom stereocenters. The molecule has 2 aliphatic rings. The summed E-state index contributed by atoms with van der Waals surface area (Å²) in [7, 11) is 1.62. The van der Waals surface area contributed by atoms with Crippen molar-refractivity contribution in [3.63, 3.8) is 0 Å². The lowest BCUT2D eigenvalue weighted by Crippen LogP contribution is -2.30. The molecule has 2 aliphatic heterocycles. The van der Waals surface area contributed by atoms with Gasteiger partial charge in [-0.1, -0.05) is 48.3 Å². The second-order valence-electron chi connectivity index (χ2n) is 5.60. The van der Waals surface area contributed by atoms with Crippen molar-refractivity contribution in [2.75, 3.05) is 31.7 Å². The maximum absolute atomic E-state index is 12.9. The van der Waals surface area contributed by atoms with E-state index in [1.54, 1.807) is 23.0 Å². The first-order valence-electron chi connectivity index (χ1n) is 7.89. The van der Waals surface area contributed by atoms with E-state index in [1.165, 1.54) is 11.8 Å². The van der Waals surface area contributed by atoms with E-state index in [4.69, 9.17) is 17.0 Å². The zero-order chi connectivity index (χ0) is 18.0. The van der Waals surface area contributed by atoms with Crippen LogP contribution in [0.15, 0.2) is 41.8 Å². The molecule has 130 valence electrons. The number of para-hydroxylation sites is 1. The molecule has 2 heterocycles. The quantitative estimate of drug-likeness (QED) is 0.332. The van der Waals surface area contributed by atoms with Crippen molar-refractivity contribution in [3.05, 3.63) is 47.4 Å². The highest BCUT2D eigenvalue weighted by Gasteiger charge is 2.41. The van der Waals surface area contributed by atoms with Crippen molar-refractivity contribution >= 4 is 51.4 Å². The topological polar surface area (TPSA) is 49.9 Å². The van der Waals surface area contributed by atoms with Crippen molar-refractivity contribution in [3.8, 4) is 0 Å². The number of amides is 2. The number of rotatable bonds is 6. The highest BCUT2D eigenvalue weighted by Crippen LogP contribution is 2.44. The zero-order valence-electron chi connectivity index (χ0n) is 13.9. The second-order valence-corrected chi connectivity index (χ2v) is 7.24. The summed E-state index contributed by atoms with van der Waals surface area (Å²) in [6.07, 6.45) is 2.37. The van der Waals surface area contributed by atoms with Crippen LogP contribution in [0.2, 0.25) is 0 Å². The van der Waals surface area contributed by atoms with Crippen LogP contribution in [0.25, 0.3) is 5.57 Å². The molecule has 0 radical (unpaired) electrons. The molecule has 1 aromatic rings. The van der Waals surface area contributed by atoms with Crippen LogP contribution in [0.3, 0.4) is 0 Å². The monoisotopic (exact) mass is 374 g/mol. The summed E-state index contributed by atoms with van der Waals surface area (Å²) < 4.78 is 5.52. The highest BCUT2D eigenvalue weighted by atomic mass is 32.2. The summed E-state index contributed by atoms with van der Waals surface area (Å²) in [5, 5.41) is 0. The molecular weight excluding hydrogens is 356 g/mol. The third kappa shape index (κ3) is 3.15. The van der Waals surface area contributed by atoms with E-state index in [2.05, 4.69) is 6.58 Å². The predicted octanol–water partition coefficient (Wildman–Crippen LogP) is 2.83. The number of carbonyl (C=O) groups excluding carboxylic acids is 2. The van der Waals surface area contributed by atoms with E-state index in [1.807, 2.05) is 24.3 Å². The largest absolute Gasteiger partial charge is 0.385 e. The Morgan fingerprint density at radius 3 is 2.72 bits per heavy atom. The van der Waals surface area contributed by atoms with Gasteiger partial charge in [0, 0.05) is 32.4 Å². The number of thioether (sulfide) groups is 1. The van der Waals surface area contributed by atoms with Crippen LogP contribution in [0.1, 0.15) is 12.0 Å². The van der Waals surface area contributed by atoms with Gasteiger partial charge in [-0.2, -0.15) is 0 Å². The number of thiocarbonyl (C=S) groups is 1. The van der Waals surface area contributed by atoms with Crippen molar-refractivity contribution in [2.24, 2.45) is 0 Å². The van der Waals surface area contributed by atoms with Gasteiger partial charge >= 0.3 is 0 Å². The molecule has 2 amide bonds. The van der Waals surface area contributed by atoms with Crippen LogP contribution >= 0.6 is 24.0 Å². The van der Waals surface area contributed by atoms with Crippen molar-refractivity contribution in [2.45, 2.75) is 6.42 Å². The smallest absolute Gasteiger partial charge is 0.267 e. The molecule has 7 heteroatoms. The van der Waals surface area contributed by atoms with Gasteiger partial charge in [0.25, 0.3) is 11.8 Å². The van der Waals surface area contributed by atoms with Crippen LogP contribution < -0.4 is 4.90 Å². The van der Waals surface area contributed by atoms with Crippen LogP contribution in [0, 0.1) is 0 Å². The lowest BCUT2D eigenvalue weighted by atomic mass is 10.1. The van der Waals surface area contributed by atoms with Gasteiger partial charge in [0.2, 0.25) is 0 Å². The van der Waals surface area contributed by atoms with Crippen molar-refractivity contribution < 1.29 is 14.3 Å². The van der Waals surface area contributed by atoms with E-state index in [0.717, 1.165) is 11.3 Å². The van der Waals surface area contributed by atoms with Gasteiger partial charge in [0.15, 0.2) is 0 Å². The van der Waals surface area contributed by atoms with Gasteiger partial charge in [0.05, 0.1) is 16.2 Å². The number of methoxy groups -OCH3 is 1. The number of hydrogen-bond donors (Lipinski definition) is 0. The predicted molar refractivity (Wildman–Crippen MR) is 104 cm³/mol. The molecule has 0 bridgehead atoms. The van der Waals surface area contributed by atoms with Crippen molar-refractivity contribution in [1.82, 2.24) is 4.90 Å². The van der Waals surface area contributed by atoms with E-state index < -0.39 is 0 Å². The average molecular weight is 374 g/mol. The Balaban J connectivity index is 2.00. The van der Waals surface area contributed by atoms with E-state index >= 15 is 0 Å². The first-order valence-corrected chi connectivity index (χ1v) is 9.11. The number of fused-ring (bicyclic) bond motifs is 1. The average Bonchev–Trinajstić information content (AvgIpc) is 3.03. The summed E-state index contributed by atoms with van der Waals surface area (Å²) in [5.41, 5.74) is 2.00. The van der Waals surface area contributed by atoms with Gasteiger partial charge in [-0.3, -0.25) is 14.5 Å². The van der Waals surface area contributed by atoms with E-state index in [-0.39, 0.29) is 11.8 Å². The Kier molecular flexibility index (Phi) is 5.36. The summed E-state index contributed by atoms with van der Waals surface area (Å²) in [4.78, 5) is 29.4. The number of nitrogens with zero attached hydrogens (tertiary/aromatic N) is 2. The molecule has 0 spiro atoms. The Morgan fingerprint density at radius 1 is 1.24 bits per heavy atom. The van der Waals surface area contributed by atoms with Gasteiger partial charge in [-0.25, -0.2) is 0 Å². The molecule has 0 N–H and O–H groups in total. The molecule has 5 nitrogen and oxygen atoms in total. The molecule has 0 saturated carbocycles. The number of anilines is 1. The molecule has 1 fully saturated rings. The highest BCUT2D eigenvalue weighted by molar-refractivity contribution is 8.26. The van der Waals surface area contributed by atoms with Crippen LogP contribution in [-0.4, -0.2) is 47.8 Å². The molecule has 25 heavy (non-hydrogen) atoms. The molecule has 0 unspecified atom stereocenters. The lowest BCUT2D eigenvalue weighted by Gasteiger charge is -2.14. The summed E-state index contributed by atoms with van der Waals surface area (Å²) >= 11 is 6.55. The molecule has 1 aromatic carbocycles. The molecule has 3 rings (SSSR count). The third-order valence-corrected chi connectivity index (χ3v) is 5.49. The maximum Gasteiger partial charge on any atom is 0.267 e. The Labute approximate surface area is 156 Å². The SMILES string of the molecule is C=CCN1C(=O)/C(=C2/SC(=S)N(CCCOC)C2=O)c2ccccc21. The van der Waals surface area contributed by atoms with Crippen LogP contribution in [0.4, 0.5) is 5.69 Å². The van der Waals surface area contributed by atoms with Gasteiger partial charge in [0.1, 0.15) is 4.32 Å². The third-order valence-electron chi connectivity index (χ3n) is 4.04.